The number of piperidine rings is 1. The van der Waals surface area contributed by atoms with Crippen LogP contribution in [-0.4, -0.2) is 41.1 Å². The van der Waals surface area contributed by atoms with Crippen LogP contribution in [0.25, 0.3) is 0 Å². The average molecular weight is 268 g/mol. The maximum Gasteiger partial charge on any atom is 0.326 e. The lowest BCUT2D eigenvalue weighted by atomic mass is 10.0. The number of amides is 2. The van der Waals surface area contributed by atoms with Gasteiger partial charge in [-0.15, -0.1) is 0 Å². The summed E-state index contributed by atoms with van der Waals surface area (Å²) in [5.41, 5.74) is 0.304. The van der Waals surface area contributed by atoms with Gasteiger partial charge in [-0.05, 0) is 43.9 Å². The third-order valence-corrected chi connectivity index (χ3v) is 4.40. The van der Waals surface area contributed by atoms with E-state index in [1.807, 2.05) is 0 Å². The van der Waals surface area contributed by atoms with Crippen molar-refractivity contribution in [2.45, 2.75) is 57.9 Å². The first-order valence-electron chi connectivity index (χ1n) is 7.35. The van der Waals surface area contributed by atoms with Gasteiger partial charge in [0.1, 0.15) is 6.04 Å². The summed E-state index contributed by atoms with van der Waals surface area (Å²) >= 11 is 0. The number of carbonyl (C=O) groups excluding carboxylic acids is 1. The molecule has 1 saturated heterocycles. The molecule has 2 amide bonds. The summed E-state index contributed by atoms with van der Waals surface area (Å²) in [7, 11) is 0. The normalized spacial score (nSPS) is 24.9. The number of hydrogen-bond acceptors (Lipinski definition) is 2. The van der Waals surface area contributed by atoms with E-state index >= 15 is 0 Å². The van der Waals surface area contributed by atoms with E-state index in [9.17, 15) is 9.59 Å². The highest BCUT2D eigenvalue weighted by Gasteiger charge is 2.42. The molecule has 5 heteroatoms. The Kier molecular flexibility index (Phi) is 4.32. The second-order valence-electron chi connectivity index (χ2n) is 5.95. The number of urea groups is 1. The molecule has 2 aliphatic rings. The summed E-state index contributed by atoms with van der Waals surface area (Å²) in [4.78, 5) is 24.8. The minimum atomic E-state index is -0.885. The van der Waals surface area contributed by atoms with Crippen LogP contribution < -0.4 is 5.32 Å². The third kappa shape index (κ3) is 3.39. The number of rotatable bonds is 5. The highest BCUT2D eigenvalue weighted by atomic mass is 16.4. The van der Waals surface area contributed by atoms with Gasteiger partial charge in [0.05, 0.1) is 0 Å². The molecule has 1 saturated carbocycles. The van der Waals surface area contributed by atoms with E-state index in [1.165, 1.54) is 17.7 Å². The number of nitrogens with zero attached hydrogens (tertiary/aromatic N) is 1. The van der Waals surface area contributed by atoms with E-state index in [0.717, 1.165) is 25.7 Å². The molecule has 5 nitrogen and oxygen atoms in total. The number of carbonyl (C=O) groups is 2. The quantitative estimate of drug-likeness (QED) is 0.803. The van der Waals surface area contributed by atoms with Gasteiger partial charge in [0.2, 0.25) is 0 Å². The zero-order valence-corrected chi connectivity index (χ0v) is 11.7. The topological polar surface area (TPSA) is 69.6 Å². The minimum Gasteiger partial charge on any atom is -0.480 e. The molecule has 2 fully saturated rings. The van der Waals surface area contributed by atoms with Crippen molar-refractivity contribution in [1.29, 1.82) is 0 Å². The van der Waals surface area contributed by atoms with Crippen molar-refractivity contribution in [3.63, 3.8) is 0 Å². The van der Waals surface area contributed by atoms with Crippen molar-refractivity contribution in [3.05, 3.63) is 0 Å². The molecule has 0 bridgehead atoms. The van der Waals surface area contributed by atoms with Crippen LogP contribution in [0.2, 0.25) is 0 Å². The van der Waals surface area contributed by atoms with Crippen molar-refractivity contribution in [3.8, 4) is 0 Å². The Labute approximate surface area is 114 Å². The van der Waals surface area contributed by atoms with E-state index in [4.69, 9.17) is 5.11 Å². The lowest BCUT2D eigenvalue weighted by Crippen LogP contribution is -2.52. The zero-order chi connectivity index (χ0) is 13.9. The monoisotopic (exact) mass is 268 g/mol. The molecular formula is C14H24N2O3. The van der Waals surface area contributed by atoms with Crippen LogP contribution in [0.15, 0.2) is 0 Å². The van der Waals surface area contributed by atoms with Gasteiger partial charge in [0, 0.05) is 13.1 Å². The molecule has 0 aromatic carbocycles. The first-order valence-corrected chi connectivity index (χ1v) is 7.35. The van der Waals surface area contributed by atoms with Gasteiger partial charge >= 0.3 is 12.0 Å². The Morgan fingerprint density at radius 3 is 2.68 bits per heavy atom. The van der Waals surface area contributed by atoms with Crippen LogP contribution in [0, 0.1) is 5.41 Å². The van der Waals surface area contributed by atoms with E-state index in [2.05, 4.69) is 12.2 Å². The molecule has 2 N–H and O–H groups in total. The molecule has 1 aliphatic carbocycles. The van der Waals surface area contributed by atoms with Crippen LogP contribution in [0.4, 0.5) is 4.79 Å². The van der Waals surface area contributed by atoms with E-state index in [1.54, 1.807) is 0 Å². The number of nitrogens with one attached hydrogen (secondary N) is 1. The lowest BCUT2D eigenvalue weighted by molar-refractivity contribution is -0.143. The Morgan fingerprint density at radius 1 is 1.37 bits per heavy atom. The fourth-order valence-electron chi connectivity index (χ4n) is 3.02. The van der Waals surface area contributed by atoms with Crippen molar-refractivity contribution >= 4 is 12.0 Å². The van der Waals surface area contributed by atoms with Gasteiger partial charge in [0.15, 0.2) is 0 Å². The SMILES string of the molecule is CCCC1(CNC(=O)N2CCCCC2C(=O)O)CC1. The maximum absolute atomic E-state index is 12.1. The molecule has 1 atom stereocenters. The molecule has 1 unspecified atom stereocenters. The van der Waals surface area contributed by atoms with Crippen LogP contribution >= 0.6 is 0 Å². The Hall–Kier alpha value is -1.26. The number of carboxylic acids is 1. The molecule has 0 aromatic rings. The predicted octanol–water partition coefficient (Wildman–Crippen LogP) is 2.22. The number of likely N-dealkylation sites (tertiary alicyclic amines) is 1. The van der Waals surface area contributed by atoms with Gasteiger partial charge < -0.3 is 15.3 Å². The first-order chi connectivity index (χ1) is 9.08. The predicted molar refractivity (Wildman–Crippen MR) is 72.0 cm³/mol. The fraction of sp³-hybridized carbons (Fsp3) is 0.857. The highest BCUT2D eigenvalue weighted by Crippen LogP contribution is 2.48. The van der Waals surface area contributed by atoms with Gasteiger partial charge in [-0.3, -0.25) is 0 Å². The summed E-state index contributed by atoms with van der Waals surface area (Å²) in [5, 5.41) is 12.1. The van der Waals surface area contributed by atoms with Gasteiger partial charge in [0.25, 0.3) is 0 Å². The molecule has 19 heavy (non-hydrogen) atoms. The Balaban J connectivity index is 1.86. The fourth-order valence-corrected chi connectivity index (χ4v) is 3.02. The average Bonchev–Trinajstić information content (AvgIpc) is 3.17. The first kappa shape index (κ1) is 14.2. The van der Waals surface area contributed by atoms with E-state index < -0.39 is 12.0 Å². The smallest absolute Gasteiger partial charge is 0.326 e. The summed E-state index contributed by atoms with van der Waals surface area (Å²) in [6, 6.07) is -0.843. The number of hydrogen-bond donors (Lipinski definition) is 2. The highest BCUT2D eigenvalue weighted by molar-refractivity contribution is 5.82. The largest absolute Gasteiger partial charge is 0.480 e. The second kappa shape index (κ2) is 5.80. The zero-order valence-electron chi connectivity index (χ0n) is 11.7. The maximum atomic E-state index is 12.1. The molecule has 1 heterocycles. The second-order valence-corrected chi connectivity index (χ2v) is 5.95. The van der Waals surface area contributed by atoms with Gasteiger partial charge in [-0.25, -0.2) is 9.59 Å². The van der Waals surface area contributed by atoms with Crippen LogP contribution in [-0.2, 0) is 4.79 Å². The molecular weight excluding hydrogens is 244 g/mol. The number of aliphatic carboxylic acids is 1. The van der Waals surface area contributed by atoms with Gasteiger partial charge in [-0.2, -0.15) is 0 Å². The van der Waals surface area contributed by atoms with E-state index in [0.29, 0.717) is 24.9 Å². The summed E-state index contributed by atoms with van der Waals surface area (Å²) in [5.74, 6) is -0.885. The third-order valence-electron chi connectivity index (χ3n) is 4.40. The molecule has 2 rings (SSSR count). The summed E-state index contributed by atoms with van der Waals surface area (Å²) in [6.07, 6.45) is 7.01. The lowest BCUT2D eigenvalue weighted by Gasteiger charge is -2.33. The van der Waals surface area contributed by atoms with Crippen molar-refractivity contribution in [2.24, 2.45) is 5.41 Å². The molecule has 0 spiro atoms. The molecule has 0 aromatic heterocycles. The van der Waals surface area contributed by atoms with Crippen LogP contribution in [0.5, 0.6) is 0 Å². The summed E-state index contributed by atoms with van der Waals surface area (Å²) < 4.78 is 0. The van der Waals surface area contributed by atoms with Gasteiger partial charge in [-0.1, -0.05) is 13.3 Å². The Morgan fingerprint density at radius 2 is 2.11 bits per heavy atom. The summed E-state index contributed by atoms with van der Waals surface area (Å²) in [6.45, 7) is 3.42. The molecule has 108 valence electrons. The number of carboxylic acid groups (broad SMARTS) is 1. The molecule has 1 aliphatic heterocycles. The van der Waals surface area contributed by atoms with Crippen molar-refractivity contribution < 1.29 is 14.7 Å². The van der Waals surface area contributed by atoms with Crippen LogP contribution in [0.3, 0.4) is 0 Å². The minimum absolute atomic E-state index is 0.200. The van der Waals surface area contributed by atoms with Crippen molar-refractivity contribution in [1.82, 2.24) is 10.2 Å². The molecule has 0 radical (unpaired) electrons. The van der Waals surface area contributed by atoms with E-state index in [-0.39, 0.29) is 6.03 Å². The van der Waals surface area contributed by atoms with Crippen molar-refractivity contribution in [2.75, 3.05) is 13.1 Å². The standard InChI is InChI=1S/C14H24N2O3/c1-2-6-14(7-8-14)10-15-13(19)16-9-4-3-5-11(16)12(17)18/h11H,2-10H2,1H3,(H,15,19)(H,17,18). The Bertz CT molecular complexity index is 353. The van der Waals surface area contributed by atoms with Crippen LogP contribution in [0.1, 0.15) is 51.9 Å².